The smallest absolute Gasteiger partial charge is 0.230 e. The van der Waals surface area contributed by atoms with Gasteiger partial charge in [0.15, 0.2) is 17.1 Å². The van der Waals surface area contributed by atoms with Crippen LogP contribution >= 0.6 is 11.8 Å². The number of carbonyl (C=O) groups excluding carboxylic acids is 1. The van der Waals surface area contributed by atoms with Gasteiger partial charge in [0.25, 0.3) is 0 Å². The zero-order chi connectivity index (χ0) is 19.2. The van der Waals surface area contributed by atoms with E-state index in [4.69, 9.17) is 4.74 Å². The molecule has 3 atom stereocenters. The number of ether oxygens (including phenoxy) is 1. The lowest BCUT2D eigenvalue weighted by molar-refractivity contribution is -0.119. The minimum Gasteiger partial charge on any atom is -0.483 e. The summed E-state index contributed by atoms with van der Waals surface area (Å²) >= 11 is 1.41. The number of nitrogens with one attached hydrogen (secondary N) is 1. The van der Waals surface area contributed by atoms with Gasteiger partial charge in [-0.05, 0) is 37.8 Å². The molecule has 2 aromatic rings. The maximum absolute atomic E-state index is 12.3. The van der Waals surface area contributed by atoms with Crippen LogP contribution in [0.25, 0.3) is 0 Å². The Hall–Kier alpha value is -2.02. The van der Waals surface area contributed by atoms with E-state index in [2.05, 4.69) is 22.4 Å². The van der Waals surface area contributed by atoms with E-state index >= 15 is 0 Å². The van der Waals surface area contributed by atoms with Gasteiger partial charge in [-0.25, -0.2) is 0 Å². The maximum Gasteiger partial charge on any atom is 0.230 e. The van der Waals surface area contributed by atoms with E-state index in [1.54, 1.807) is 0 Å². The number of amides is 1. The van der Waals surface area contributed by atoms with E-state index < -0.39 is 0 Å². The average Bonchev–Trinajstić information content (AvgIpc) is 3.03. The Kier molecular flexibility index (Phi) is 6.77. The average molecular weight is 389 g/mol. The SMILES string of the molecule is C[C@@H]1CCCC[C@H]1NC(=O)CSc1nnc([C@@H](C)Oc2ccccc2)n1C. The number of hydrogen-bond acceptors (Lipinski definition) is 5. The lowest BCUT2D eigenvalue weighted by atomic mass is 9.86. The van der Waals surface area contributed by atoms with E-state index in [0.29, 0.717) is 17.7 Å². The molecule has 1 aliphatic carbocycles. The molecule has 27 heavy (non-hydrogen) atoms. The van der Waals surface area contributed by atoms with Gasteiger partial charge in [0, 0.05) is 13.1 Å². The third-order valence-electron chi connectivity index (χ3n) is 5.08. The number of rotatable bonds is 7. The molecule has 6 nitrogen and oxygen atoms in total. The normalized spacial score (nSPS) is 20.9. The first kappa shape index (κ1) is 19.7. The molecule has 1 saturated carbocycles. The lowest BCUT2D eigenvalue weighted by Gasteiger charge is -2.29. The minimum atomic E-state index is -0.226. The molecule has 1 heterocycles. The number of aromatic nitrogens is 3. The highest BCUT2D eigenvalue weighted by Gasteiger charge is 2.23. The molecule has 1 aromatic carbocycles. The number of para-hydroxylation sites is 1. The third-order valence-corrected chi connectivity index (χ3v) is 6.10. The van der Waals surface area contributed by atoms with Crippen LogP contribution in [0.3, 0.4) is 0 Å². The molecule has 0 saturated heterocycles. The lowest BCUT2D eigenvalue weighted by Crippen LogP contribution is -2.41. The molecule has 0 aliphatic heterocycles. The van der Waals surface area contributed by atoms with Crippen LogP contribution < -0.4 is 10.1 Å². The van der Waals surface area contributed by atoms with Crippen LogP contribution in [0.1, 0.15) is 51.5 Å². The van der Waals surface area contributed by atoms with Gasteiger partial charge in [-0.2, -0.15) is 0 Å². The third kappa shape index (κ3) is 5.25. The predicted molar refractivity (Wildman–Crippen MR) is 107 cm³/mol. The van der Waals surface area contributed by atoms with E-state index in [-0.39, 0.29) is 12.0 Å². The molecular weight excluding hydrogens is 360 g/mol. The molecule has 7 heteroatoms. The maximum atomic E-state index is 12.3. The van der Waals surface area contributed by atoms with Crippen LogP contribution in [0.5, 0.6) is 5.75 Å². The second kappa shape index (κ2) is 9.26. The summed E-state index contributed by atoms with van der Waals surface area (Å²) in [6.07, 6.45) is 4.53. The monoisotopic (exact) mass is 388 g/mol. The van der Waals surface area contributed by atoms with Crippen LogP contribution in [-0.2, 0) is 11.8 Å². The highest BCUT2D eigenvalue weighted by molar-refractivity contribution is 7.99. The number of hydrogen-bond donors (Lipinski definition) is 1. The van der Waals surface area contributed by atoms with Gasteiger partial charge < -0.3 is 14.6 Å². The molecule has 3 rings (SSSR count). The molecule has 0 unspecified atom stereocenters. The summed E-state index contributed by atoms with van der Waals surface area (Å²) in [5, 5.41) is 12.4. The molecule has 1 amide bonds. The van der Waals surface area contributed by atoms with Gasteiger partial charge in [-0.3, -0.25) is 4.79 Å². The van der Waals surface area contributed by atoms with Gasteiger partial charge in [0.1, 0.15) is 5.75 Å². The molecule has 0 bridgehead atoms. The van der Waals surface area contributed by atoms with Gasteiger partial charge >= 0.3 is 0 Å². The fraction of sp³-hybridized carbons (Fsp3) is 0.550. The quantitative estimate of drug-likeness (QED) is 0.732. The molecule has 146 valence electrons. The Morgan fingerprint density at radius 3 is 2.78 bits per heavy atom. The van der Waals surface area contributed by atoms with E-state index in [1.165, 1.54) is 31.0 Å². The van der Waals surface area contributed by atoms with Crippen molar-refractivity contribution in [3.8, 4) is 5.75 Å². The van der Waals surface area contributed by atoms with E-state index in [1.807, 2.05) is 48.9 Å². The summed E-state index contributed by atoms with van der Waals surface area (Å²) < 4.78 is 7.82. The number of carbonyl (C=O) groups is 1. The molecular formula is C20H28N4O2S. The van der Waals surface area contributed by atoms with Crippen LogP contribution in [0.2, 0.25) is 0 Å². The predicted octanol–water partition coefficient (Wildman–Crippen LogP) is 3.74. The summed E-state index contributed by atoms with van der Waals surface area (Å²) in [4.78, 5) is 12.3. The van der Waals surface area contributed by atoms with Crippen LogP contribution in [0.15, 0.2) is 35.5 Å². The standard InChI is InChI=1S/C20H28N4O2S/c1-14-9-7-8-12-17(14)21-18(25)13-27-20-23-22-19(24(20)3)15(2)26-16-10-5-4-6-11-16/h4-6,10-11,14-15,17H,7-9,12-13H2,1-3H3,(H,21,25)/t14-,15-,17-/m1/s1. The Balaban J connectivity index is 1.53. The Morgan fingerprint density at radius 1 is 1.30 bits per heavy atom. The van der Waals surface area contributed by atoms with Crippen LogP contribution in [0, 0.1) is 5.92 Å². The molecule has 0 radical (unpaired) electrons. The van der Waals surface area contributed by atoms with Gasteiger partial charge in [-0.15, -0.1) is 10.2 Å². The van der Waals surface area contributed by atoms with Crippen molar-refractivity contribution in [2.24, 2.45) is 13.0 Å². The van der Waals surface area contributed by atoms with Crippen molar-refractivity contribution in [2.45, 2.75) is 56.8 Å². The van der Waals surface area contributed by atoms with E-state index in [0.717, 1.165) is 23.2 Å². The molecule has 1 aromatic heterocycles. The first-order valence-corrected chi connectivity index (χ1v) is 10.6. The Labute approximate surface area is 165 Å². The summed E-state index contributed by atoms with van der Waals surface area (Å²) in [5.41, 5.74) is 0. The molecule has 1 N–H and O–H groups in total. The first-order valence-electron chi connectivity index (χ1n) is 9.57. The molecule has 0 spiro atoms. The summed E-state index contributed by atoms with van der Waals surface area (Å²) in [6, 6.07) is 9.96. The number of benzene rings is 1. The number of nitrogens with zero attached hydrogens (tertiary/aromatic N) is 3. The second-order valence-electron chi connectivity index (χ2n) is 7.20. The zero-order valence-corrected chi connectivity index (χ0v) is 17.0. The van der Waals surface area contributed by atoms with Crippen molar-refractivity contribution in [1.82, 2.24) is 20.1 Å². The van der Waals surface area contributed by atoms with Crippen molar-refractivity contribution in [2.75, 3.05) is 5.75 Å². The van der Waals surface area contributed by atoms with Crippen LogP contribution in [0.4, 0.5) is 0 Å². The Morgan fingerprint density at radius 2 is 2.04 bits per heavy atom. The topological polar surface area (TPSA) is 69.0 Å². The minimum absolute atomic E-state index is 0.0666. The highest BCUT2D eigenvalue weighted by atomic mass is 32.2. The van der Waals surface area contributed by atoms with Crippen LogP contribution in [-0.4, -0.2) is 32.5 Å². The van der Waals surface area contributed by atoms with E-state index in [9.17, 15) is 4.79 Å². The van der Waals surface area contributed by atoms with Crippen molar-refractivity contribution in [1.29, 1.82) is 0 Å². The van der Waals surface area contributed by atoms with Crippen molar-refractivity contribution >= 4 is 17.7 Å². The summed E-state index contributed by atoms with van der Waals surface area (Å²) in [5.74, 6) is 2.51. The number of thioether (sulfide) groups is 1. The van der Waals surface area contributed by atoms with Gasteiger partial charge in [0.05, 0.1) is 5.75 Å². The van der Waals surface area contributed by atoms with Gasteiger partial charge in [-0.1, -0.05) is 49.7 Å². The zero-order valence-electron chi connectivity index (χ0n) is 16.2. The fourth-order valence-electron chi connectivity index (χ4n) is 3.47. The van der Waals surface area contributed by atoms with Crippen molar-refractivity contribution in [3.63, 3.8) is 0 Å². The summed E-state index contributed by atoms with van der Waals surface area (Å²) in [6.45, 7) is 4.17. The highest BCUT2D eigenvalue weighted by Crippen LogP contribution is 2.25. The second-order valence-corrected chi connectivity index (χ2v) is 8.14. The molecule has 1 fully saturated rings. The molecule has 1 aliphatic rings. The van der Waals surface area contributed by atoms with Crippen molar-refractivity contribution < 1.29 is 9.53 Å². The van der Waals surface area contributed by atoms with Crippen molar-refractivity contribution in [3.05, 3.63) is 36.2 Å². The fourth-order valence-corrected chi connectivity index (χ4v) is 4.20. The first-order chi connectivity index (χ1) is 13.0. The largest absolute Gasteiger partial charge is 0.483 e. The van der Waals surface area contributed by atoms with Gasteiger partial charge in [0.2, 0.25) is 5.91 Å². The summed E-state index contributed by atoms with van der Waals surface area (Å²) in [7, 11) is 1.91. The Bertz CT molecular complexity index is 750.